The zero-order chi connectivity index (χ0) is 63.4. The minimum atomic E-state index is -0.384. The topological polar surface area (TPSA) is 59.1 Å². The van der Waals surface area contributed by atoms with E-state index >= 15 is 9.59 Å². The summed E-state index contributed by atoms with van der Waals surface area (Å²) >= 11 is 0. The van der Waals surface area contributed by atoms with E-state index in [1.165, 1.54) is 98.7 Å². The Bertz CT molecular complexity index is 5180. The number of anilines is 6. The molecule has 0 spiro atoms. The molecule has 4 heterocycles. The van der Waals surface area contributed by atoms with Crippen LogP contribution in [0.2, 0.25) is 0 Å². The van der Waals surface area contributed by atoms with E-state index in [0.717, 1.165) is 89.6 Å². The van der Waals surface area contributed by atoms with Gasteiger partial charge in [-0.2, -0.15) is 0 Å². The van der Waals surface area contributed by atoms with Crippen LogP contribution in [0.15, 0.2) is 243 Å². The van der Waals surface area contributed by atoms with Crippen molar-refractivity contribution >= 4 is 125 Å². The Labute approximate surface area is 547 Å². The Balaban J connectivity index is 1.02. The number of nitrogens with zero attached hydrogens (tertiary/aromatic N) is 2. The van der Waals surface area contributed by atoms with Crippen molar-refractivity contribution in [2.24, 2.45) is 0 Å². The SMILES string of the molecule is Cc1cc(C)c(-c2cc3c4c(cc5c(-c6c(C)cc(C)cc6C)cc6c7c(cc2c4c57)B2c4ccccc4N(c4ccccc4)c4cc(C(=O)OCc5ccccc5)cc-6c42)B2c4ccccc4N(c4ccccc4)c4cc(C(=O)OCc5ccccc5)cc-3c42)c(C)c1. The third-order valence-electron chi connectivity index (χ3n) is 20.5. The fourth-order valence-corrected chi connectivity index (χ4v) is 17.1. The predicted molar refractivity (Wildman–Crippen MR) is 390 cm³/mol. The number of rotatable bonds is 10. The lowest BCUT2D eigenvalue weighted by Crippen LogP contribution is -2.60. The van der Waals surface area contributed by atoms with Gasteiger partial charge in [0.25, 0.3) is 0 Å². The summed E-state index contributed by atoms with van der Waals surface area (Å²) < 4.78 is 12.7. The summed E-state index contributed by atoms with van der Waals surface area (Å²) in [7, 11) is 0. The number of para-hydroxylation sites is 4. The standard InChI is InChI=1S/C86H62B2N2O4/c1-49-35-51(3)77(52(4)36-49)61-43-63-67-39-57(85(91)93-47-55-23-11-7-12-24-55)41-75-83(67)88(70-32-20-22-34-74(70)89(75)59-27-15-9-16-28-59)72-46-66-62(78-53(5)37-50(2)38-54(78)6)44-64-68-40-58(86(92)94-48-56-25-13-8-14-26-56)42-76-84(68)87(71-45-65(61)81(79(63)72)82(66)80(64)71)69-31-19-21-33-73(69)90(76)60-29-17-10-18-30-60/h7-46H,47-48H2,1-6H3. The summed E-state index contributed by atoms with van der Waals surface area (Å²) in [5.74, 6) is -0.768. The summed E-state index contributed by atoms with van der Waals surface area (Å²) in [4.78, 5) is 35.1. The van der Waals surface area contributed by atoms with Crippen LogP contribution in [-0.2, 0) is 22.7 Å². The van der Waals surface area contributed by atoms with E-state index in [1.54, 1.807) is 0 Å². The van der Waals surface area contributed by atoms with Crippen LogP contribution < -0.4 is 42.6 Å². The number of ether oxygens (including phenoxy) is 2. The number of carbonyl (C=O) groups is 2. The number of fused-ring (bicyclic) bond motifs is 8. The number of carbonyl (C=O) groups excluding carboxylic acids is 2. The Morgan fingerprint density at radius 3 is 1.06 bits per heavy atom. The molecule has 0 N–H and O–H groups in total. The monoisotopic (exact) mass is 1210 g/mol. The molecule has 0 unspecified atom stereocenters. The van der Waals surface area contributed by atoms with Crippen LogP contribution in [0.3, 0.4) is 0 Å². The molecule has 0 saturated heterocycles. The molecule has 4 aliphatic heterocycles. The zero-order valence-electron chi connectivity index (χ0n) is 53.2. The number of aryl methyl sites for hydroxylation is 6. The van der Waals surface area contributed by atoms with E-state index in [4.69, 9.17) is 9.47 Å². The van der Waals surface area contributed by atoms with Gasteiger partial charge in [0.2, 0.25) is 13.4 Å². The molecule has 0 bridgehead atoms. The zero-order valence-corrected chi connectivity index (χ0v) is 53.2. The van der Waals surface area contributed by atoms with Gasteiger partial charge < -0.3 is 19.3 Å². The summed E-state index contributed by atoms with van der Waals surface area (Å²) in [6.45, 7) is 13.3. The van der Waals surface area contributed by atoms with Crippen LogP contribution in [0, 0.1) is 41.5 Å². The highest BCUT2D eigenvalue weighted by atomic mass is 16.5. The van der Waals surface area contributed by atoms with Gasteiger partial charge in [-0.1, -0.05) is 192 Å². The fourth-order valence-electron chi connectivity index (χ4n) is 17.1. The van der Waals surface area contributed by atoms with Gasteiger partial charge in [0.05, 0.1) is 11.1 Å². The lowest BCUT2D eigenvalue weighted by Gasteiger charge is -2.42. The summed E-state index contributed by atoms with van der Waals surface area (Å²) in [6, 6.07) is 86.7. The predicted octanol–water partition coefficient (Wildman–Crippen LogP) is 17.0. The number of benzene rings is 14. The van der Waals surface area contributed by atoms with Gasteiger partial charge in [0.1, 0.15) is 13.2 Å². The van der Waals surface area contributed by atoms with E-state index < -0.39 is 0 Å². The van der Waals surface area contributed by atoms with Gasteiger partial charge in [-0.15, -0.1) is 0 Å². The van der Waals surface area contributed by atoms with Crippen LogP contribution in [-0.4, -0.2) is 25.4 Å². The van der Waals surface area contributed by atoms with Crippen LogP contribution in [0.4, 0.5) is 34.1 Å². The molecule has 0 aliphatic carbocycles. The molecule has 446 valence electrons. The third-order valence-corrected chi connectivity index (χ3v) is 20.5. The average Bonchev–Trinajstić information content (AvgIpc) is 0.665. The van der Waals surface area contributed by atoms with Crippen molar-refractivity contribution in [2.45, 2.75) is 54.8 Å². The maximum atomic E-state index is 15.2. The average molecular weight is 1210 g/mol. The van der Waals surface area contributed by atoms with E-state index in [-0.39, 0.29) is 38.6 Å². The second-order valence-corrected chi connectivity index (χ2v) is 26.4. The molecular formula is C86H62B2N2O4. The van der Waals surface area contributed by atoms with Crippen LogP contribution in [0.25, 0.3) is 76.8 Å². The first kappa shape index (κ1) is 55.6. The van der Waals surface area contributed by atoms with E-state index in [2.05, 4.69) is 233 Å². The molecule has 0 amide bonds. The lowest BCUT2D eigenvalue weighted by molar-refractivity contribution is 0.0464. The molecule has 14 aromatic carbocycles. The Kier molecular flexibility index (Phi) is 12.5. The van der Waals surface area contributed by atoms with E-state index in [0.29, 0.717) is 11.1 Å². The molecule has 94 heavy (non-hydrogen) atoms. The van der Waals surface area contributed by atoms with Crippen molar-refractivity contribution < 1.29 is 19.1 Å². The summed E-state index contributed by atoms with van der Waals surface area (Å²) in [5, 5.41) is 7.07. The van der Waals surface area contributed by atoms with Gasteiger partial charge >= 0.3 is 11.9 Å². The summed E-state index contributed by atoms with van der Waals surface area (Å²) in [5.41, 5.74) is 32.0. The smallest absolute Gasteiger partial charge is 0.338 e. The molecule has 4 aliphatic rings. The molecule has 8 heteroatoms. The highest BCUT2D eigenvalue weighted by Crippen LogP contribution is 2.54. The van der Waals surface area contributed by atoms with Gasteiger partial charge in [0, 0.05) is 34.1 Å². The minimum absolute atomic E-state index is 0.141. The first-order valence-electron chi connectivity index (χ1n) is 32.7. The molecule has 6 nitrogen and oxygen atoms in total. The van der Waals surface area contributed by atoms with Crippen LogP contribution in [0.1, 0.15) is 65.2 Å². The molecule has 0 saturated carbocycles. The quantitative estimate of drug-likeness (QED) is 0.0773. The minimum Gasteiger partial charge on any atom is -0.457 e. The van der Waals surface area contributed by atoms with Gasteiger partial charge in [-0.3, -0.25) is 0 Å². The van der Waals surface area contributed by atoms with E-state index in [9.17, 15) is 0 Å². The highest BCUT2D eigenvalue weighted by molar-refractivity contribution is 7.02. The highest BCUT2D eigenvalue weighted by Gasteiger charge is 2.46. The van der Waals surface area contributed by atoms with Crippen molar-refractivity contribution in [3.8, 4) is 44.5 Å². The molecule has 0 atom stereocenters. The number of esters is 2. The Morgan fingerprint density at radius 2 is 0.681 bits per heavy atom. The molecule has 14 aromatic rings. The van der Waals surface area contributed by atoms with Crippen molar-refractivity contribution in [1.29, 1.82) is 0 Å². The van der Waals surface area contributed by atoms with Gasteiger partial charge in [-0.05, 0) is 246 Å². The van der Waals surface area contributed by atoms with Gasteiger partial charge in [0.15, 0.2) is 0 Å². The third kappa shape index (κ3) is 8.31. The van der Waals surface area contributed by atoms with E-state index in [1.807, 2.05) is 60.7 Å². The normalized spacial score (nSPS) is 12.9. The molecule has 0 aromatic heterocycles. The second kappa shape index (κ2) is 21.2. The fraction of sp³-hybridized carbons (Fsp3) is 0.0930. The van der Waals surface area contributed by atoms with Crippen molar-refractivity contribution in [2.75, 3.05) is 9.80 Å². The largest absolute Gasteiger partial charge is 0.457 e. The number of hydrogen-bond donors (Lipinski definition) is 0. The maximum absolute atomic E-state index is 15.2. The molecule has 0 fully saturated rings. The second-order valence-electron chi connectivity index (χ2n) is 26.4. The molecule has 0 radical (unpaired) electrons. The summed E-state index contributed by atoms with van der Waals surface area (Å²) in [6.07, 6.45) is 0. The van der Waals surface area contributed by atoms with Crippen molar-refractivity contribution in [3.63, 3.8) is 0 Å². The number of hydrogen-bond acceptors (Lipinski definition) is 6. The molecule has 18 rings (SSSR count). The van der Waals surface area contributed by atoms with Gasteiger partial charge in [-0.25, -0.2) is 9.59 Å². The lowest BCUT2D eigenvalue weighted by atomic mass is 9.31. The first-order chi connectivity index (χ1) is 45.9. The first-order valence-corrected chi connectivity index (χ1v) is 32.7. The van der Waals surface area contributed by atoms with Crippen molar-refractivity contribution in [1.82, 2.24) is 0 Å². The van der Waals surface area contributed by atoms with Crippen molar-refractivity contribution in [3.05, 3.63) is 298 Å². The molecular weight excluding hydrogens is 1150 g/mol. The Morgan fingerprint density at radius 1 is 0.330 bits per heavy atom. The Hall–Kier alpha value is -11.2. The van der Waals surface area contributed by atoms with Crippen LogP contribution in [0.5, 0.6) is 0 Å². The maximum Gasteiger partial charge on any atom is 0.338 e. The van der Waals surface area contributed by atoms with Crippen LogP contribution >= 0.6 is 0 Å².